The molecule has 1 atom stereocenters. The first-order valence-corrected chi connectivity index (χ1v) is 10.1. The smallest absolute Gasteiger partial charge is 0.253 e. The van der Waals surface area contributed by atoms with Crippen LogP contribution in [0.1, 0.15) is 37.0 Å². The third kappa shape index (κ3) is 6.04. The molecule has 2 amide bonds. The second kappa shape index (κ2) is 9.82. The SMILES string of the molecule is CCCC(C)N(C)CC(=O)Nc1cccc(C(=O)N2CCSCC2)c1. The molecule has 1 saturated heterocycles. The highest BCUT2D eigenvalue weighted by atomic mass is 32.2. The van der Waals surface area contributed by atoms with Gasteiger partial charge in [-0.1, -0.05) is 19.4 Å². The molecule has 1 aromatic carbocycles. The number of benzene rings is 1. The molecule has 1 aliphatic heterocycles. The first kappa shape index (κ1) is 19.8. The number of nitrogens with one attached hydrogen (secondary N) is 1. The monoisotopic (exact) mass is 363 g/mol. The van der Waals surface area contributed by atoms with Crippen LogP contribution >= 0.6 is 11.8 Å². The number of carbonyl (C=O) groups is 2. The van der Waals surface area contributed by atoms with Gasteiger partial charge < -0.3 is 10.2 Å². The molecule has 138 valence electrons. The summed E-state index contributed by atoms with van der Waals surface area (Å²) in [7, 11) is 1.97. The number of thioether (sulfide) groups is 1. The van der Waals surface area contributed by atoms with Crippen LogP contribution in [0.5, 0.6) is 0 Å². The Balaban J connectivity index is 1.94. The predicted octanol–water partition coefficient (Wildman–Crippen LogP) is 2.93. The first-order valence-electron chi connectivity index (χ1n) is 8.98. The van der Waals surface area contributed by atoms with E-state index >= 15 is 0 Å². The lowest BCUT2D eigenvalue weighted by Gasteiger charge is -2.26. The molecule has 25 heavy (non-hydrogen) atoms. The summed E-state index contributed by atoms with van der Waals surface area (Å²) in [5.74, 6) is 1.98. The lowest BCUT2D eigenvalue weighted by molar-refractivity contribution is -0.117. The largest absolute Gasteiger partial charge is 0.337 e. The first-order chi connectivity index (χ1) is 12.0. The van der Waals surface area contributed by atoms with E-state index in [9.17, 15) is 9.59 Å². The van der Waals surface area contributed by atoms with Crippen molar-refractivity contribution in [2.75, 3.05) is 43.5 Å². The van der Waals surface area contributed by atoms with Crippen molar-refractivity contribution < 1.29 is 9.59 Å². The summed E-state index contributed by atoms with van der Waals surface area (Å²) in [5, 5.41) is 2.91. The minimum atomic E-state index is -0.0515. The van der Waals surface area contributed by atoms with E-state index in [-0.39, 0.29) is 11.8 Å². The Morgan fingerprint density at radius 1 is 1.32 bits per heavy atom. The highest BCUT2D eigenvalue weighted by Gasteiger charge is 2.19. The van der Waals surface area contributed by atoms with E-state index in [2.05, 4.69) is 24.1 Å². The number of anilines is 1. The molecule has 6 heteroatoms. The highest BCUT2D eigenvalue weighted by molar-refractivity contribution is 7.99. The quantitative estimate of drug-likeness (QED) is 0.809. The van der Waals surface area contributed by atoms with Crippen LogP contribution in [-0.4, -0.2) is 65.8 Å². The minimum absolute atomic E-state index is 0.0464. The number of rotatable bonds is 7. The summed E-state index contributed by atoms with van der Waals surface area (Å²) in [5.41, 5.74) is 1.32. The summed E-state index contributed by atoms with van der Waals surface area (Å²) >= 11 is 1.88. The molecule has 1 aliphatic rings. The normalized spacial score (nSPS) is 15.9. The number of amides is 2. The van der Waals surface area contributed by atoms with Crippen LogP contribution in [0.2, 0.25) is 0 Å². The van der Waals surface area contributed by atoms with Gasteiger partial charge in [-0.05, 0) is 38.6 Å². The zero-order chi connectivity index (χ0) is 18.2. The fourth-order valence-corrected chi connectivity index (χ4v) is 3.80. The van der Waals surface area contributed by atoms with Gasteiger partial charge in [0.25, 0.3) is 5.91 Å². The van der Waals surface area contributed by atoms with Gasteiger partial charge >= 0.3 is 0 Å². The van der Waals surface area contributed by atoms with Crippen molar-refractivity contribution in [3.63, 3.8) is 0 Å². The molecule has 2 rings (SSSR count). The Hall–Kier alpha value is -1.53. The van der Waals surface area contributed by atoms with Crippen molar-refractivity contribution in [3.05, 3.63) is 29.8 Å². The lowest BCUT2D eigenvalue weighted by Crippen LogP contribution is -2.38. The van der Waals surface area contributed by atoms with Crippen LogP contribution in [0.4, 0.5) is 5.69 Å². The summed E-state index contributed by atoms with van der Waals surface area (Å²) in [6.45, 7) is 6.21. The van der Waals surface area contributed by atoms with Crippen LogP contribution in [0, 0.1) is 0 Å². The molecule has 0 bridgehead atoms. The molecule has 1 N–H and O–H groups in total. The molecule has 0 spiro atoms. The molecule has 0 radical (unpaired) electrons. The third-order valence-electron chi connectivity index (χ3n) is 4.54. The van der Waals surface area contributed by atoms with Gasteiger partial charge in [-0.25, -0.2) is 0 Å². The molecule has 0 aromatic heterocycles. The highest BCUT2D eigenvalue weighted by Crippen LogP contribution is 2.16. The summed E-state index contributed by atoms with van der Waals surface area (Å²) in [6.07, 6.45) is 2.17. The fourth-order valence-electron chi connectivity index (χ4n) is 2.90. The maximum absolute atomic E-state index is 12.6. The lowest BCUT2D eigenvalue weighted by atomic mass is 10.1. The average molecular weight is 364 g/mol. The van der Waals surface area contributed by atoms with Crippen molar-refractivity contribution in [2.45, 2.75) is 32.7 Å². The van der Waals surface area contributed by atoms with Gasteiger partial charge in [-0.3, -0.25) is 14.5 Å². The molecule has 1 fully saturated rings. The molecule has 0 saturated carbocycles. The van der Waals surface area contributed by atoms with E-state index in [0.29, 0.717) is 23.8 Å². The Kier molecular flexibility index (Phi) is 7.78. The van der Waals surface area contributed by atoms with Gasteiger partial charge in [0.15, 0.2) is 0 Å². The number of nitrogens with zero attached hydrogens (tertiary/aromatic N) is 2. The molecule has 1 heterocycles. The number of hydrogen-bond acceptors (Lipinski definition) is 4. The van der Waals surface area contributed by atoms with Gasteiger partial charge in [0, 0.05) is 41.9 Å². The van der Waals surface area contributed by atoms with Gasteiger partial charge in [0.2, 0.25) is 5.91 Å². The van der Waals surface area contributed by atoms with E-state index in [1.807, 2.05) is 41.9 Å². The number of likely N-dealkylation sites (N-methyl/N-ethyl adjacent to an activating group) is 1. The van der Waals surface area contributed by atoms with E-state index in [0.717, 1.165) is 37.4 Å². The van der Waals surface area contributed by atoms with Crippen molar-refractivity contribution in [1.29, 1.82) is 0 Å². The maximum Gasteiger partial charge on any atom is 0.253 e. The third-order valence-corrected chi connectivity index (χ3v) is 5.49. The number of carbonyl (C=O) groups excluding carboxylic acids is 2. The molecule has 0 aliphatic carbocycles. The number of hydrogen-bond donors (Lipinski definition) is 1. The molecular weight excluding hydrogens is 334 g/mol. The molecule has 5 nitrogen and oxygen atoms in total. The average Bonchev–Trinajstić information content (AvgIpc) is 2.62. The van der Waals surface area contributed by atoms with Crippen molar-refractivity contribution in [3.8, 4) is 0 Å². The zero-order valence-corrected chi connectivity index (χ0v) is 16.3. The Morgan fingerprint density at radius 2 is 2.04 bits per heavy atom. The van der Waals surface area contributed by atoms with Crippen LogP contribution in [0.15, 0.2) is 24.3 Å². The van der Waals surface area contributed by atoms with E-state index in [4.69, 9.17) is 0 Å². The summed E-state index contributed by atoms with van der Waals surface area (Å²) in [6, 6.07) is 7.62. The predicted molar refractivity (Wildman–Crippen MR) is 105 cm³/mol. The van der Waals surface area contributed by atoms with E-state index in [1.54, 1.807) is 6.07 Å². The molecular formula is C19H29N3O2S. The zero-order valence-electron chi connectivity index (χ0n) is 15.5. The van der Waals surface area contributed by atoms with Crippen molar-refractivity contribution in [2.24, 2.45) is 0 Å². The summed E-state index contributed by atoms with van der Waals surface area (Å²) in [4.78, 5) is 28.8. The fraction of sp³-hybridized carbons (Fsp3) is 0.579. The van der Waals surface area contributed by atoms with Crippen molar-refractivity contribution in [1.82, 2.24) is 9.80 Å². The maximum atomic E-state index is 12.6. The minimum Gasteiger partial charge on any atom is -0.337 e. The van der Waals surface area contributed by atoms with Crippen LogP contribution in [-0.2, 0) is 4.79 Å². The van der Waals surface area contributed by atoms with Crippen molar-refractivity contribution >= 4 is 29.3 Å². The standard InChI is InChI=1S/C19H29N3O2S/c1-4-6-15(2)21(3)14-18(23)20-17-8-5-7-16(13-17)19(24)22-9-11-25-12-10-22/h5,7-8,13,15H,4,6,9-12,14H2,1-3H3,(H,20,23). The van der Waals surface area contributed by atoms with E-state index < -0.39 is 0 Å². The Bertz CT molecular complexity index is 588. The van der Waals surface area contributed by atoms with Crippen LogP contribution < -0.4 is 5.32 Å². The topological polar surface area (TPSA) is 52.7 Å². The van der Waals surface area contributed by atoms with Gasteiger partial charge in [-0.2, -0.15) is 11.8 Å². The molecule has 1 unspecified atom stereocenters. The Morgan fingerprint density at radius 3 is 2.72 bits per heavy atom. The second-order valence-corrected chi connectivity index (χ2v) is 7.81. The Labute approximate surface area is 155 Å². The molecule has 1 aromatic rings. The van der Waals surface area contributed by atoms with Gasteiger partial charge in [0.05, 0.1) is 6.54 Å². The summed E-state index contributed by atoms with van der Waals surface area (Å²) < 4.78 is 0. The second-order valence-electron chi connectivity index (χ2n) is 6.59. The van der Waals surface area contributed by atoms with Crippen LogP contribution in [0.3, 0.4) is 0 Å². The van der Waals surface area contributed by atoms with Gasteiger partial charge in [-0.15, -0.1) is 0 Å². The van der Waals surface area contributed by atoms with E-state index in [1.165, 1.54) is 0 Å². The van der Waals surface area contributed by atoms with Gasteiger partial charge in [0.1, 0.15) is 0 Å². The van der Waals surface area contributed by atoms with Crippen LogP contribution in [0.25, 0.3) is 0 Å².